The Hall–Kier alpha value is -4.44. The lowest BCUT2D eigenvalue weighted by Crippen LogP contribution is -2.52. The smallest absolute Gasteiger partial charge is 0.410 e. The maximum Gasteiger partial charge on any atom is 0.410 e. The van der Waals surface area contributed by atoms with Crippen molar-refractivity contribution in [2.45, 2.75) is 46.6 Å². The molecule has 2 aromatic heterocycles. The second kappa shape index (κ2) is 12.9. The van der Waals surface area contributed by atoms with Gasteiger partial charge in [-0.05, 0) is 62.9 Å². The van der Waals surface area contributed by atoms with Crippen LogP contribution in [-0.2, 0) is 15.9 Å². The number of benzene rings is 2. The van der Waals surface area contributed by atoms with E-state index in [0.29, 0.717) is 27.8 Å². The Bertz CT molecular complexity index is 1760. The van der Waals surface area contributed by atoms with Gasteiger partial charge in [-0.1, -0.05) is 54.1 Å². The van der Waals surface area contributed by atoms with E-state index < -0.39 is 17.7 Å². The summed E-state index contributed by atoms with van der Waals surface area (Å²) in [6.45, 7) is 10.1. The summed E-state index contributed by atoms with van der Waals surface area (Å²) in [5, 5.41) is 4.65. The van der Waals surface area contributed by atoms with Crippen molar-refractivity contribution in [3.63, 3.8) is 0 Å². The average Bonchev–Trinajstić information content (AvgIpc) is 3.33. The Morgan fingerprint density at radius 1 is 0.978 bits per heavy atom. The lowest BCUT2D eigenvalue weighted by atomic mass is 9.93. The number of rotatable bonds is 6. The van der Waals surface area contributed by atoms with Crippen LogP contribution in [0.1, 0.15) is 65.2 Å². The Balaban J connectivity index is 1.67. The molecular weight excluding hydrogens is 599 g/mol. The maximum atomic E-state index is 14.7. The first-order valence-electron chi connectivity index (χ1n) is 14.9. The van der Waals surface area contributed by atoms with Crippen molar-refractivity contribution >= 4 is 35.1 Å². The highest BCUT2D eigenvalue weighted by Gasteiger charge is 2.34. The number of fused-ring (bicyclic) bond motifs is 1. The molecule has 9 nitrogen and oxygen atoms in total. The van der Waals surface area contributed by atoms with Crippen LogP contribution in [0.15, 0.2) is 54.7 Å². The van der Waals surface area contributed by atoms with Crippen molar-refractivity contribution in [1.29, 1.82) is 0 Å². The zero-order chi connectivity index (χ0) is 32.5. The summed E-state index contributed by atoms with van der Waals surface area (Å²) in [4.78, 5) is 43.3. The van der Waals surface area contributed by atoms with E-state index in [2.05, 4.69) is 5.10 Å². The molecule has 11 heteroatoms. The van der Waals surface area contributed by atoms with E-state index in [4.69, 9.17) is 21.1 Å². The average molecular weight is 635 g/mol. The molecule has 0 aliphatic carbocycles. The van der Waals surface area contributed by atoms with Gasteiger partial charge in [0.05, 0.1) is 23.3 Å². The van der Waals surface area contributed by atoms with Gasteiger partial charge in [0.2, 0.25) is 0 Å². The van der Waals surface area contributed by atoms with Gasteiger partial charge in [-0.3, -0.25) is 4.79 Å². The number of esters is 1. The molecule has 236 valence electrons. The third kappa shape index (κ3) is 6.51. The number of ether oxygens (including phenoxy) is 2. The number of amides is 2. The summed E-state index contributed by atoms with van der Waals surface area (Å²) >= 11 is 6.96. The third-order valence-electron chi connectivity index (χ3n) is 7.72. The Morgan fingerprint density at radius 3 is 2.29 bits per heavy atom. The zero-order valence-corrected chi connectivity index (χ0v) is 26.8. The summed E-state index contributed by atoms with van der Waals surface area (Å²) in [7, 11) is 0. The predicted molar refractivity (Wildman–Crippen MR) is 169 cm³/mol. The number of nitrogens with zero attached hydrogens (tertiary/aromatic N) is 4. The van der Waals surface area contributed by atoms with Crippen LogP contribution >= 0.6 is 11.6 Å². The normalized spacial score (nSPS) is 13.7. The molecule has 1 saturated heterocycles. The summed E-state index contributed by atoms with van der Waals surface area (Å²) in [5.41, 5.74) is 3.14. The van der Waals surface area contributed by atoms with Crippen LogP contribution in [0.3, 0.4) is 0 Å². The maximum absolute atomic E-state index is 14.7. The molecule has 0 spiro atoms. The lowest BCUT2D eigenvalue weighted by molar-refractivity contribution is 0.0139. The Labute approximate surface area is 266 Å². The fourth-order valence-electron chi connectivity index (χ4n) is 5.49. The molecule has 4 aromatic rings. The molecule has 0 atom stereocenters. The Morgan fingerprint density at radius 2 is 1.64 bits per heavy atom. The van der Waals surface area contributed by atoms with Crippen LogP contribution in [0.25, 0.3) is 16.6 Å². The van der Waals surface area contributed by atoms with Gasteiger partial charge < -0.3 is 19.3 Å². The molecule has 0 radical (unpaired) electrons. The van der Waals surface area contributed by atoms with Gasteiger partial charge in [-0.2, -0.15) is 5.10 Å². The first-order chi connectivity index (χ1) is 21.4. The van der Waals surface area contributed by atoms with Crippen molar-refractivity contribution < 1.29 is 28.2 Å². The minimum Gasteiger partial charge on any atom is -0.462 e. The number of hydrogen-bond acceptors (Lipinski definition) is 6. The van der Waals surface area contributed by atoms with Crippen LogP contribution in [0.2, 0.25) is 5.02 Å². The van der Waals surface area contributed by atoms with Gasteiger partial charge in [0, 0.05) is 38.2 Å². The largest absolute Gasteiger partial charge is 0.462 e. The topological polar surface area (TPSA) is 93.5 Å². The lowest BCUT2D eigenvalue weighted by Gasteiger charge is -2.35. The van der Waals surface area contributed by atoms with Gasteiger partial charge in [-0.25, -0.2) is 18.5 Å². The number of hydrogen-bond donors (Lipinski definition) is 0. The molecule has 0 bridgehead atoms. The van der Waals surface area contributed by atoms with Crippen molar-refractivity contribution in [1.82, 2.24) is 19.4 Å². The molecule has 45 heavy (non-hydrogen) atoms. The van der Waals surface area contributed by atoms with E-state index in [1.807, 2.05) is 36.4 Å². The van der Waals surface area contributed by atoms with Crippen molar-refractivity contribution in [3.05, 3.63) is 93.5 Å². The van der Waals surface area contributed by atoms with Gasteiger partial charge in [-0.15, -0.1) is 0 Å². The fourth-order valence-corrected chi connectivity index (χ4v) is 5.79. The van der Waals surface area contributed by atoms with E-state index in [-0.39, 0.29) is 67.2 Å². The van der Waals surface area contributed by atoms with E-state index in [1.54, 1.807) is 50.5 Å². The van der Waals surface area contributed by atoms with Crippen LogP contribution in [0, 0.1) is 12.7 Å². The van der Waals surface area contributed by atoms with Crippen LogP contribution in [-0.4, -0.2) is 75.8 Å². The number of halogens is 2. The fraction of sp³-hybridized carbons (Fsp3) is 0.353. The minimum absolute atomic E-state index is 0.0687. The summed E-state index contributed by atoms with van der Waals surface area (Å²) in [6.07, 6.45) is 1.06. The molecular formula is C34H36ClFN4O5. The van der Waals surface area contributed by atoms with Crippen LogP contribution in [0.4, 0.5) is 9.18 Å². The van der Waals surface area contributed by atoms with Crippen molar-refractivity contribution in [2.75, 3.05) is 32.8 Å². The third-order valence-corrected chi connectivity index (χ3v) is 8.10. The summed E-state index contributed by atoms with van der Waals surface area (Å²) < 4.78 is 27.0. The highest BCUT2D eigenvalue weighted by Crippen LogP contribution is 2.40. The van der Waals surface area contributed by atoms with E-state index in [1.165, 1.54) is 16.8 Å². The summed E-state index contributed by atoms with van der Waals surface area (Å²) in [5.74, 6) is -1.32. The SMILES string of the molecule is CCOC(=O)c1cnn2c(C(=O)N3CCN(C(=O)OC(C)(C)C)CC3)c(Cc3cccc(F)c3C)c(-c3ccccc3)c2c1Cl. The number of aromatic nitrogens is 2. The minimum atomic E-state index is -0.639. The Kier molecular flexibility index (Phi) is 9.16. The second-order valence-electron chi connectivity index (χ2n) is 11.9. The number of carbonyl (C=O) groups is 3. The predicted octanol–water partition coefficient (Wildman–Crippen LogP) is 6.56. The molecule has 0 saturated carbocycles. The molecule has 1 aliphatic rings. The molecule has 1 fully saturated rings. The van der Waals surface area contributed by atoms with Crippen molar-refractivity contribution in [2.24, 2.45) is 0 Å². The summed E-state index contributed by atoms with van der Waals surface area (Å²) in [6, 6.07) is 14.2. The molecule has 5 rings (SSSR count). The molecule has 0 unspecified atom stereocenters. The second-order valence-corrected chi connectivity index (χ2v) is 12.3. The first-order valence-corrected chi connectivity index (χ1v) is 15.2. The first kappa shape index (κ1) is 32.0. The van der Waals surface area contributed by atoms with E-state index in [0.717, 1.165) is 5.56 Å². The van der Waals surface area contributed by atoms with E-state index in [9.17, 15) is 18.8 Å². The van der Waals surface area contributed by atoms with Crippen LogP contribution in [0.5, 0.6) is 0 Å². The standard InChI is InChI=1S/C34H36ClFN4O5/c1-6-44-32(42)25-20-37-40-29(31(41)38-15-17-39(18-16-38)33(43)45-34(3,4)5)24(19-23-13-10-14-26(36)21(23)2)27(30(40)28(25)35)22-11-8-7-9-12-22/h7-14,20H,6,15-19H2,1-5H3. The highest BCUT2D eigenvalue weighted by atomic mass is 35.5. The quantitative estimate of drug-likeness (QED) is 0.223. The highest BCUT2D eigenvalue weighted by molar-refractivity contribution is 6.37. The molecule has 2 amide bonds. The van der Waals surface area contributed by atoms with Gasteiger partial charge >= 0.3 is 12.1 Å². The molecule has 3 heterocycles. The van der Waals surface area contributed by atoms with Crippen molar-refractivity contribution in [3.8, 4) is 11.1 Å². The van der Waals surface area contributed by atoms with Gasteiger partial charge in [0.1, 0.15) is 22.7 Å². The van der Waals surface area contributed by atoms with Crippen LogP contribution < -0.4 is 0 Å². The molecule has 2 aromatic carbocycles. The monoisotopic (exact) mass is 634 g/mol. The molecule has 0 N–H and O–H groups in total. The molecule has 1 aliphatic heterocycles. The zero-order valence-electron chi connectivity index (χ0n) is 26.0. The van der Waals surface area contributed by atoms with Gasteiger partial charge in [0.15, 0.2) is 0 Å². The van der Waals surface area contributed by atoms with E-state index >= 15 is 0 Å². The number of carbonyl (C=O) groups excluding carboxylic acids is 3. The van der Waals surface area contributed by atoms with Gasteiger partial charge in [0.25, 0.3) is 5.91 Å². The number of piperazine rings is 1.